The Morgan fingerprint density at radius 3 is 1.22 bits per heavy atom. The highest BCUT2D eigenvalue weighted by Gasteiger charge is 2.47. The van der Waals surface area contributed by atoms with Crippen molar-refractivity contribution in [3.63, 3.8) is 0 Å². The van der Waals surface area contributed by atoms with Crippen LogP contribution in [-0.2, 0) is 0 Å². The van der Waals surface area contributed by atoms with E-state index in [-0.39, 0.29) is 34.0 Å². The molecule has 6 aliphatic rings. The summed E-state index contributed by atoms with van der Waals surface area (Å²) in [6, 6.07) is 22.9. The Balaban J connectivity index is 0.00000152. The lowest BCUT2D eigenvalue weighted by molar-refractivity contribution is -0.945. The molecule has 4 bridgehead atoms. The first kappa shape index (κ1) is 28.3. The highest BCUT2D eigenvalue weighted by Crippen LogP contribution is 2.44. The summed E-state index contributed by atoms with van der Waals surface area (Å²) in [6.07, 6.45) is 11.6. The molecule has 198 valence electrons. The smallest absolute Gasteiger partial charge is 0.0859 e. The van der Waals surface area contributed by atoms with Gasteiger partial charge in [-0.15, -0.1) is 0 Å². The van der Waals surface area contributed by atoms with E-state index in [0.29, 0.717) is 0 Å². The molecule has 8 rings (SSSR count). The van der Waals surface area contributed by atoms with E-state index in [9.17, 15) is 0 Å². The molecule has 0 amide bonds. The SMILES string of the molecule is [Br-].[Br-].c1ccc(C2C[N+]3(CCCCCC[N+]45CCC(CC4)C(c4ccccc4)C5)CCC2CC3)cc1. The number of nitrogens with zero attached hydrogens (tertiary/aromatic N) is 2. The van der Waals surface area contributed by atoms with E-state index in [4.69, 9.17) is 0 Å². The molecule has 0 saturated carbocycles. The fourth-order valence-corrected chi connectivity index (χ4v) is 8.61. The Labute approximate surface area is 241 Å². The lowest BCUT2D eigenvalue weighted by Gasteiger charge is -2.53. The molecule has 4 heteroatoms. The van der Waals surface area contributed by atoms with Crippen LogP contribution in [0.15, 0.2) is 60.7 Å². The van der Waals surface area contributed by atoms with Crippen molar-refractivity contribution in [1.29, 1.82) is 0 Å². The van der Waals surface area contributed by atoms with Gasteiger partial charge in [-0.05, 0) is 48.6 Å². The third kappa shape index (κ3) is 5.98. The summed E-state index contributed by atoms with van der Waals surface area (Å²) in [7, 11) is 0. The largest absolute Gasteiger partial charge is 1.00 e. The lowest BCUT2D eigenvalue weighted by atomic mass is 9.73. The van der Waals surface area contributed by atoms with Gasteiger partial charge in [0.2, 0.25) is 0 Å². The minimum Gasteiger partial charge on any atom is -1.00 e. The van der Waals surface area contributed by atoms with Crippen LogP contribution in [0.2, 0.25) is 0 Å². The number of rotatable bonds is 9. The molecule has 0 radical (unpaired) electrons. The van der Waals surface area contributed by atoms with E-state index >= 15 is 0 Å². The van der Waals surface area contributed by atoms with Crippen LogP contribution >= 0.6 is 0 Å². The molecule has 2 aromatic carbocycles. The minimum atomic E-state index is 0. The fraction of sp³-hybridized carbons (Fsp3) is 0.625. The summed E-state index contributed by atoms with van der Waals surface area (Å²) in [5.74, 6) is 3.53. The predicted octanol–water partition coefficient (Wildman–Crippen LogP) is 0.603. The van der Waals surface area contributed by atoms with Crippen LogP contribution in [0.5, 0.6) is 0 Å². The molecule has 2 unspecified atom stereocenters. The number of benzene rings is 2. The molecule has 0 aliphatic carbocycles. The van der Waals surface area contributed by atoms with Gasteiger partial charge in [-0.25, -0.2) is 0 Å². The van der Waals surface area contributed by atoms with Crippen molar-refractivity contribution in [3.05, 3.63) is 71.8 Å². The molecule has 0 spiro atoms. The Morgan fingerprint density at radius 1 is 0.500 bits per heavy atom. The van der Waals surface area contributed by atoms with E-state index in [0.717, 1.165) is 23.7 Å². The molecule has 6 fully saturated rings. The average molecular weight is 619 g/mol. The second kappa shape index (κ2) is 12.5. The first-order valence-electron chi connectivity index (χ1n) is 14.5. The zero-order valence-electron chi connectivity index (χ0n) is 22.0. The molecule has 2 aromatic rings. The van der Waals surface area contributed by atoms with E-state index in [1.165, 1.54) is 113 Å². The average Bonchev–Trinajstić information content (AvgIpc) is 2.93. The van der Waals surface area contributed by atoms with Gasteiger partial charge in [0.15, 0.2) is 0 Å². The van der Waals surface area contributed by atoms with Gasteiger partial charge in [0.25, 0.3) is 0 Å². The third-order valence-corrected chi connectivity index (χ3v) is 10.7. The summed E-state index contributed by atoms with van der Waals surface area (Å²) in [5.41, 5.74) is 3.23. The first-order chi connectivity index (χ1) is 16.7. The normalized spacial score (nSPS) is 34.6. The third-order valence-electron chi connectivity index (χ3n) is 10.7. The fourth-order valence-electron chi connectivity index (χ4n) is 8.61. The monoisotopic (exact) mass is 616 g/mol. The Kier molecular flexibility index (Phi) is 9.80. The maximum Gasteiger partial charge on any atom is 0.0859 e. The van der Waals surface area contributed by atoms with Crippen molar-refractivity contribution in [3.8, 4) is 0 Å². The van der Waals surface area contributed by atoms with E-state index < -0.39 is 0 Å². The van der Waals surface area contributed by atoms with Crippen molar-refractivity contribution >= 4 is 0 Å². The molecule has 6 aliphatic heterocycles. The van der Waals surface area contributed by atoms with Crippen molar-refractivity contribution in [1.82, 2.24) is 0 Å². The molecular weight excluding hydrogens is 572 g/mol. The predicted molar refractivity (Wildman–Crippen MR) is 142 cm³/mol. The van der Waals surface area contributed by atoms with Crippen molar-refractivity contribution < 1.29 is 42.9 Å². The van der Waals surface area contributed by atoms with Gasteiger partial charge in [-0.1, -0.05) is 60.7 Å². The molecule has 0 N–H and O–H groups in total. The molecule has 2 nitrogen and oxygen atoms in total. The summed E-state index contributed by atoms with van der Waals surface area (Å²) >= 11 is 0. The van der Waals surface area contributed by atoms with Crippen LogP contribution in [0, 0.1) is 11.8 Å². The van der Waals surface area contributed by atoms with Crippen LogP contribution in [0.4, 0.5) is 0 Å². The first-order valence-corrected chi connectivity index (χ1v) is 14.5. The van der Waals surface area contributed by atoms with Gasteiger partial charge >= 0.3 is 0 Å². The maximum atomic E-state index is 2.39. The molecule has 6 saturated heterocycles. The Hall–Kier alpha value is -0.680. The quantitative estimate of drug-likeness (QED) is 0.286. The summed E-state index contributed by atoms with van der Waals surface area (Å²) < 4.78 is 2.85. The van der Waals surface area contributed by atoms with Crippen LogP contribution in [0.3, 0.4) is 0 Å². The number of hydrogen-bond donors (Lipinski definition) is 0. The van der Waals surface area contributed by atoms with E-state index in [1.807, 2.05) is 0 Å². The van der Waals surface area contributed by atoms with Gasteiger partial charge in [0, 0.05) is 37.5 Å². The van der Waals surface area contributed by atoms with Gasteiger partial charge in [0.05, 0.1) is 52.4 Å². The molecule has 0 aromatic heterocycles. The highest BCUT2D eigenvalue weighted by molar-refractivity contribution is 5.22. The Bertz CT molecular complexity index is 840. The van der Waals surface area contributed by atoms with E-state index in [2.05, 4.69) is 60.7 Å². The minimum absolute atomic E-state index is 0. The van der Waals surface area contributed by atoms with Crippen LogP contribution in [0.25, 0.3) is 0 Å². The van der Waals surface area contributed by atoms with Gasteiger partial charge in [0.1, 0.15) is 0 Å². The van der Waals surface area contributed by atoms with Gasteiger partial charge in [-0.3, -0.25) is 0 Å². The zero-order chi connectivity index (χ0) is 22.8. The number of fused-ring (bicyclic) bond motifs is 6. The summed E-state index contributed by atoms with van der Waals surface area (Å²) in [6.45, 7) is 11.5. The standard InChI is InChI=1S/C32H46N2.2BrH/c1(9-19-33-21-15-29(16-22-33)31(25-33)27-11-5-3-6-12-27)2-10-20-34-23-17-30(18-24-34)32(26-34)28-13-7-4-8-14-28;;/h3-8,11-14,29-32H,1-2,9-10,15-26H2;2*1H/q+2;;/p-2. The number of halogens is 2. The van der Waals surface area contributed by atoms with Crippen LogP contribution in [-0.4, -0.2) is 61.3 Å². The summed E-state index contributed by atoms with van der Waals surface area (Å²) in [4.78, 5) is 0. The molecule has 2 atom stereocenters. The summed E-state index contributed by atoms with van der Waals surface area (Å²) in [5, 5.41) is 0. The van der Waals surface area contributed by atoms with Crippen molar-refractivity contribution in [2.24, 2.45) is 11.8 Å². The topological polar surface area (TPSA) is 0 Å². The zero-order valence-corrected chi connectivity index (χ0v) is 25.2. The maximum absolute atomic E-state index is 2.39. The van der Waals surface area contributed by atoms with Crippen molar-refractivity contribution in [2.45, 2.75) is 63.2 Å². The second-order valence-electron chi connectivity index (χ2n) is 12.5. The lowest BCUT2D eigenvalue weighted by Crippen LogP contribution is -3.00. The Morgan fingerprint density at radius 2 is 0.861 bits per heavy atom. The van der Waals surface area contributed by atoms with Gasteiger partial charge < -0.3 is 42.9 Å². The number of quaternary nitrogens is 2. The number of piperidine rings is 6. The van der Waals surface area contributed by atoms with Crippen molar-refractivity contribution in [2.75, 3.05) is 52.4 Å². The van der Waals surface area contributed by atoms with Crippen LogP contribution < -0.4 is 34.0 Å². The second-order valence-corrected chi connectivity index (χ2v) is 12.5. The number of hydrogen-bond acceptors (Lipinski definition) is 0. The van der Waals surface area contributed by atoms with Gasteiger partial charge in [-0.2, -0.15) is 0 Å². The highest BCUT2D eigenvalue weighted by atomic mass is 79.9. The van der Waals surface area contributed by atoms with Crippen LogP contribution in [0.1, 0.15) is 74.3 Å². The molecule has 36 heavy (non-hydrogen) atoms. The molecular formula is C32H46Br2N2. The number of unbranched alkanes of at least 4 members (excludes halogenated alkanes) is 3. The molecule has 6 heterocycles. The van der Waals surface area contributed by atoms with E-state index in [1.54, 1.807) is 11.1 Å².